The Bertz CT molecular complexity index is 370. The van der Waals surface area contributed by atoms with Crippen LogP contribution in [0.1, 0.15) is 62.6 Å². The highest BCUT2D eigenvalue weighted by molar-refractivity contribution is 7.09. The van der Waals surface area contributed by atoms with Crippen LogP contribution in [0.4, 0.5) is 0 Å². The van der Waals surface area contributed by atoms with Gasteiger partial charge in [0.15, 0.2) is 0 Å². The summed E-state index contributed by atoms with van der Waals surface area (Å²) in [5.41, 5.74) is 7.40. The van der Waals surface area contributed by atoms with Crippen molar-refractivity contribution in [3.05, 3.63) is 16.1 Å². The van der Waals surface area contributed by atoms with Crippen LogP contribution in [0, 0.1) is 0 Å². The first-order chi connectivity index (χ1) is 9.22. The van der Waals surface area contributed by atoms with Crippen molar-refractivity contribution < 1.29 is 4.74 Å². The molecule has 1 aliphatic carbocycles. The molecule has 1 saturated carbocycles. The summed E-state index contributed by atoms with van der Waals surface area (Å²) in [7, 11) is 0. The average molecular weight is 282 g/mol. The van der Waals surface area contributed by atoms with Gasteiger partial charge in [-0.1, -0.05) is 32.6 Å². The van der Waals surface area contributed by atoms with Crippen molar-refractivity contribution >= 4 is 11.3 Å². The lowest BCUT2D eigenvalue weighted by Crippen LogP contribution is -2.43. The van der Waals surface area contributed by atoms with Crippen LogP contribution in [-0.4, -0.2) is 17.1 Å². The molecule has 0 saturated heterocycles. The molecule has 0 aliphatic heterocycles. The predicted octanol–water partition coefficient (Wildman–Crippen LogP) is 3.66. The Morgan fingerprint density at radius 1 is 1.32 bits per heavy atom. The van der Waals surface area contributed by atoms with Crippen LogP contribution >= 0.6 is 11.3 Å². The Hall–Kier alpha value is -0.450. The molecule has 1 heterocycles. The van der Waals surface area contributed by atoms with E-state index in [2.05, 4.69) is 17.3 Å². The summed E-state index contributed by atoms with van der Waals surface area (Å²) in [4.78, 5) is 4.58. The van der Waals surface area contributed by atoms with E-state index in [4.69, 9.17) is 10.5 Å². The molecule has 1 aromatic heterocycles. The molecule has 1 fully saturated rings. The Kier molecular flexibility index (Phi) is 5.79. The molecule has 4 heteroatoms. The quantitative estimate of drug-likeness (QED) is 0.810. The molecule has 108 valence electrons. The van der Waals surface area contributed by atoms with Crippen molar-refractivity contribution in [2.45, 2.75) is 70.4 Å². The highest BCUT2D eigenvalue weighted by atomic mass is 32.1. The van der Waals surface area contributed by atoms with Crippen LogP contribution in [0.2, 0.25) is 0 Å². The fraction of sp³-hybridized carbons (Fsp3) is 0.800. The summed E-state index contributed by atoms with van der Waals surface area (Å²) >= 11 is 1.74. The standard InChI is InChI=1S/C15H26N2OS/c1-2-7-14-17-13(11-19-14)10-18-12-15(16)8-5-3-4-6-9-15/h11H,2-10,12,16H2,1H3. The normalized spacial score (nSPS) is 19.3. The van der Waals surface area contributed by atoms with E-state index >= 15 is 0 Å². The minimum absolute atomic E-state index is 0.0984. The fourth-order valence-corrected chi connectivity index (χ4v) is 3.56. The van der Waals surface area contributed by atoms with Gasteiger partial charge in [0.2, 0.25) is 0 Å². The van der Waals surface area contributed by atoms with Crippen LogP contribution < -0.4 is 5.73 Å². The third-order valence-corrected chi connectivity index (χ3v) is 4.76. The molecule has 19 heavy (non-hydrogen) atoms. The summed E-state index contributed by atoms with van der Waals surface area (Å²) in [5.74, 6) is 0. The molecule has 1 aliphatic rings. The third-order valence-electron chi connectivity index (χ3n) is 3.80. The number of aryl methyl sites for hydroxylation is 1. The lowest BCUT2D eigenvalue weighted by atomic mass is 9.93. The van der Waals surface area contributed by atoms with Gasteiger partial charge < -0.3 is 10.5 Å². The molecule has 1 aromatic rings. The smallest absolute Gasteiger partial charge is 0.0929 e. The third kappa shape index (κ3) is 4.86. The van der Waals surface area contributed by atoms with E-state index in [1.54, 1.807) is 11.3 Å². The van der Waals surface area contributed by atoms with E-state index in [1.165, 1.54) is 30.7 Å². The number of aromatic nitrogens is 1. The number of nitrogens with zero attached hydrogens (tertiary/aromatic N) is 1. The molecule has 2 rings (SSSR count). The zero-order chi connectivity index (χ0) is 13.6. The van der Waals surface area contributed by atoms with Crippen molar-refractivity contribution in [3.63, 3.8) is 0 Å². The van der Waals surface area contributed by atoms with Gasteiger partial charge in [-0.15, -0.1) is 11.3 Å². The summed E-state index contributed by atoms with van der Waals surface area (Å²) in [6.07, 6.45) is 9.58. The number of ether oxygens (including phenoxy) is 1. The molecular formula is C15H26N2OS. The second-order valence-electron chi connectivity index (χ2n) is 5.75. The van der Waals surface area contributed by atoms with Gasteiger partial charge in [0.05, 0.1) is 23.9 Å². The van der Waals surface area contributed by atoms with Crippen molar-refractivity contribution in [3.8, 4) is 0 Å². The number of rotatable bonds is 6. The SMILES string of the molecule is CCCc1nc(COCC2(N)CCCCCC2)cs1. The van der Waals surface area contributed by atoms with Crippen LogP contribution in [0.5, 0.6) is 0 Å². The second-order valence-corrected chi connectivity index (χ2v) is 6.69. The van der Waals surface area contributed by atoms with Gasteiger partial charge in [-0.2, -0.15) is 0 Å². The van der Waals surface area contributed by atoms with Crippen LogP contribution in [0.25, 0.3) is 0 Å². The summed E-state index contributed by atoms with van der Waals surface area (Å²) < 4.78 is 5.83. The lowest BCUT2D eigenvalue weighted by Gasteiger charge is -2.27. The maximum Gasteiger partial charge on any atom is 0.0929 e. The first-order valence-corrected chi connectivity index (χ1v) is 8.40. The first kappa shape index (κ1) is 14.9. The summed E-state index contributed by atoms with van der Waals surface area (Å²) in [6.45, 7) is 3.47. The maximum atomic E-state index is 6.43. The van der Waals surface area contributed by atoms with Crippen LogP contribution in [0.15, 0.2) is 5.38 Å². The van der Waals surface area contributed by atoms with E-state index in [0.29, 0.717) is 13.2 Å². The van der Waals surface area contributed by atoms with E-state index in [9.17, 15) is 0 Å². The van der Waals surface area contributed by atoms with Gasteiger partial charge in [-0.25, -0.2) is 4.98 Å². The van der Waals surface area contributed by atoms with E-state index in [0.717, 1.165) is 31.4 Å². The summed E-state index contributed by atoms with van der Waals surface area (Å²) in [6, 6.07) is 0. The van der Waals surface area contributed by atoms with Crippen molar-refractivity contribution in [1.29, 1.82) is 0 Å². The molecule has 3 nitrogen and oxygen atoms in total. The van der Waals surface area contributed by atoms with Crippen molar-refractivity contribution in [1.82, 2.24) is 4.98 Å². The minimum atomic E-state index is -0.0984. The number of hydrogen-bond donors (Lipinski definition) is 1. The molecule has 0 atom stereocenters. The highest BCUT2D eigenvalue weighted by Crippen LogP contribution is 2.25. The zero-order valence-electron chi connectivity index (χ0n) is 12.0. The van der Waals surface area contributed by atoms with Crippen molar-refractivity contribution in [2.75, 3.05) is 6.61 Å². The lowest BCUT2D eigenvalue weighted by molar-refractivity contribution is 0.0651. The van der Waals surface area contributed by atoms with E-state index < -0.39 is 0 Å². The van der Waals surface area contributed by atoms with Crippen molar-refractivity contribution in [2.24, 2.45) is 5.73 Å². The Morgan fingerprint density at radius 2 is 2.05 bits per heavy atom. The molecular weight excluding hydrogens is 256 g/mol. The molecule has 0 spiro atoms. The number of hydrogen-bond acceptors (Lipinski definition) is 4. The zero-order valence-corrected chi connectivity index (χ0v) is 12.8. The highest BCUT2D eigenvalue weighted by Gasteiger charge is 2.26. The summed E-state index contributed by atoms with van der Waals surface area (Å²) in [5, 5.41) is 3.33. The topological polar surface area (TPSA) is 48.1 Å². The molecule has 0 bridgehead atoms. The van der Waals surface area contributed by atoms with Gasteiger partial charge >= 0.3 is 0 Å². The van der Waals surface area contributed by atoms with Gasteiger partial charge in [-0.3, -0.25) is 0 Å². The minimum Gasteiger partial charge on any atom is -0.373 e. The van der Waals surface area contributed by atoms with Gasteiger partial charge in [0.25, 0.3) is 0 Å². The maximum absolute atomic E-state index is 6.43. The Labute approximate surface area is 120 Å². The molecule has 2 N–H and O–H groups in total. The largest absolute Gasteiger partial charge is 0.373 e. The van der Waals surface area contributed by atoms with Gasteiger partial charge in [0.1, 0.15) is 0 Å². The molecule has 0 unspecified atom stereocenters. The fourth-order valence-electron chi connectivity index (χ4n) is 2.68. The average Bonchev–Trinajstić information content (AvgIpc) is 2.71. The first-order valence-electron chi connectivity index (χ1n) is 7.52. The van der Waals surface area contributed by atoms with E-state index in [1.807, 2.05) is 0 Å². The Balaban J connectivity index is 1.75. The van der Waals surface area contributed by atoms with Gasteiger partial charge in [-0.05, 0) is 25.7 Å². The monoisotopic (exact) mass is 282 g/mol. The number of nitrogens with two attached hydrogens (primary N) is 1. The number of thiazole rings is 1. The van der Waals surface area contributed by atoms with Crippen LogP contribution in [0.3, 0.4) is 0 Å². The molecule has 0 amide bonds. The molecule has 0 radical (unpaired) electrons. The Morgan fingerprint density at radius 3 is 2.74 bits per heavy atom. The predicted molar refractivity (Wildman–Crippen MR) is 80.4 cm³/mol. The molecule has 0 aromatic carbocycles. The van der Waals surface area contributed by atoms with Gasteiger partial charge in [0, 0.05) is 10.9 Å². The van der Waals surface area contributed by atoms with Crippen LogP contribution in [-0.2, 0) is 17.8 Å². The van der Waals surface area contributed by atoms with E-state index in [-0.39, 0.29) is 5.54 Å². The second kappa shape index (κ2) is 7.36.